The molecule has 1 aromatic rings. The molecule has 192 valence electrons. The van der Waals surface area contributed by atoms with Gasteiger partial charge in [0, 0.05) is 18.0 Å². The molecule has 0 spiro atoms. The topological polar surface area (TPSA) is 124 Å². The minimum absolute atomic E-state index is 0.00607. The summed E-state index contributed by atoms with van der Waals surface area (Å²) < 4.78 is 26.9. The molecule has 0 bridgehead atoms. The molecule has 0 aliphatic rings. The zero-order chi connectivity index (χ0) is 24.9. The van der Waals surface area contributed by atoms with Gasteiger partial charge in [0.1, 0.15) is 0 Å². The molecule has 1 N–H and O–H groups in total. The number of nitrogens with zero attached hydrogens (tertiary/aromatic N) is 3. The van der Waals surface area contributed by atoms with Gasteiger partial charge in [-0.25, -0.2) is 0 Å². The summed E-state index contributed by atoms with van der Waals surface area (Å²) in [5, 5.41) is 7.62. The first-order valence-electron chi connectivity index (χ1n) is 11.7. The van der Waals surface area contributed by atoms with Crippen LogP contribution in [0.25, 0.3) is 10.4 Å². The Morgan fingerprint density at radius 3 is 1.94 bits per heavy atom. The highest BCUT2D eigenvalue weighted by Crippen LogP contribution is 2.05. The smallest absolute Gasteiger partial charge is 0.224 e. The Kier molecular flexibility index (Phi) is 17.1. The predicted octanol–water partition coefficient (Wildman–Crippen LogP) is 2.28. The first kappa shape index (κ1) is 30.0. The quantitative estimate of drug-likeness (QED) is 0.0915. The summed E-state index contributed by atoms with van der Waals surface area (Å²) in [6.45, 7) is 12.4. The highest BCUT2D eigenvalue weighted by Gasteiger charge is 2.16. The molecule has 0 heterocycles. The van der Waals surface area contributed by atoms with Crippen molar-refractivity contribution in [3.05, 3.63) is 40.3 Å². The molecule has 0 fully saturated rings. The van der Waals surface area contributed by atoms with Crippen molar-refractivity contribution in [1.82, 2.24) is 5.32 Å². The van der Waals surface area contributed by atoms with Gasteiger partial charge in [0.25, 0.3) is 0 Å². The van der Waals surface area contributed by atoms with Crippen molar-refractivity contribution >= 4 is 19.2 Å². The standard InChI is InChI=1S/C23H40N4O6Si/c1-34(2,3)22-6-4-5-21(19-22)20-23(28)25-7-9-29-11-13-31-15-17-33-18-16-32-14-12-30-10-8-26-27-24/h4-6,19H,7-18,20H2,1-3H3,(H,25,28). The summed E-state index contributed by atoms with van der Waals surface area (Å²) in [6.07, 6.45) is 0.388. The second-order valence-corrected chi connectivity index (χ2v) is 13.6. The molecule has 1 amide bonds. The number of amides is 1. The largest absolute Gasteiger partial charge is 0.379 e. The van der Waals surface area contributed by atoms with E-state index in [1.54, 1.807) is 0 Å². The maximum absolute atomic E-state index is 12.1. The van der Waals surface area contributed by atoms with Crippen molar-refractivity contribution in [2.45, 2.75) is 26.1 Å². The summed E-state index contributed by atoms with van der Waals surface area (Å²) in [7, 11) is -1.38. The van der Waals surface area contributed by atoms with Crippen molar-refractivity contribution in [1.29, 1.82) is 0 Å². The molecular formula is C23H40N4O6Si. The van der Waals surface area contributed by atoms with Crippen LogP contribution in [0, 0.1) is 0 Å². The summed E-state index contributed by atoms with van der Waals surface area (Å²) in [4.78, 5) is 14.8. The minimum atomic E-state index is -1.38. The van der Waals surface area contributed by atoms with Gasteiger partial charge in [-0.3, -0.25) is 4.79 Å². The third kappa shape index (κ3) is 16.6. The van der Waals surface area contributed by atoms with Gasteiger partial charge in [-0.2, -0.15) is 0 Å². The molecule has 34 heavy (non-hydrogen) atoms. The van der Waals surface area contributed by atoms with E-state index in [4.69, 9.17) is 29.2 Å². The van der Waals surface area contributed by atoms with Gasteiger partial charge in [-0.05, 0) is 11.1 Å². The van der Waals surface area contributed by atoms with E-state index in [9.17, 15) is 4.79 Å². The molecule has 0 saturated heterocycles. The highest BCUT2D eigenvalue weighted by atomic mass is 28.3. The monoisotopic (exact) mass is 496 g/mol. The molecule has 0 atom stereocenters. The summed E-state index contributed by atoms with van der Waals surface area (Å²) in [6, 6.07) is 8.35. The van der Waals surface area contributed by atoms with Crippen molar-refractivity contribution in [2.24, 2.45) is 5.11 Å². The number of carbonyl (C=O) groups is 1. The van der Waals surface area contributed by atoms with Gasteiger partial charge in [0.05, 0.1) is 80.6 Å². The first-order chi connectivity index (χ1) is 16.4. The maximum atomic E-state index is 12.1. The van der Waals surface area contributed by atoms with E-state index >= 15 is 0 Å². The Bertz CT molecular complexity index is 726. The highest BCUT2D eigenvalue weighted by molar-refractivity contribution is 6.88. The van der Waals surface area contributed by atoms with E-state index in [2.05, 4.69) is 47.1 Å². The molecule has 1 rings (SSSR count). The molecule has 10 nitrogen and oxygen atoms in total. The Morgan fingerprint density at radius 2 is 1.41 bits per heavy atom. The second-order valence-electron chi connectivity index (χ2n) is 8.49. The van der Waals surface area contributed by atoms with Gasteiger partial charge < -0.3 is 29.0 Å². The van der Waals surface area contributed by atoms with Crippen LogP contribution in [0.1, 0.15) is 5.56 Å². The van der Waals surface area contributed by atoms with E-state index in [1.165, 1.54) is 5.19 Å². The Labute approximate surface area is 203 Å². The minimum Gasteiger partial charge on any atom is -0.379 e. The number of carbonyl (C=O) groups excluding carboxylic acids is 1. The zero-order valence-corrected chi connectivity index (χ0v) is 21.8. The number of rotatable bonds is 21. The summed E-state index contributed by atoms with van der Waals surface area (Å²) >= 11 is 0. The van der Waals surface area contributed by atoms with Crippen molar-refractivity contribution in [3.8, 4) is 0 Å². The molecule has 0 aliphatic heterocycles. The Morgan fingerprint density at radius 1 is 0.882 bits per heavy atom. The maximum Gasteiger partial charge on any atom is 0.224 e. The lowest BCUT2D eigenvalue weighted by Gasteiger charge is -2.17. The molecule has 0 saturated carbocycles. The molecule has 0 radical (unpaired) electrons. The Hall–Kier alpha value is -1.98. The van der Waals surface area contributed by atoms with E-state index in [-0.39, 0.29) is 5.91 Å². The van der Waals surface area contributed by atoms with Crippen molar-refractivity contribution < 1.29 is 28.5 Å². The van der Waals surface area contributed by atoms with E-state index in [0.717, 1.165) is 5.56 Å². The lowest BCUT2D eigenvalue weighted by molar-refractivity contribution is -0.120. The number of ether oxygens (including phenoxy) is 5. The SMILES string of the molecule is C[Si](C)(C)c1cccc(CC(=O)NCCOCCOCCOCCOCCOCCN=[N+]=[N-])c1. The third-order valence-electron chi connectivity index (χ3n) is 4.61. The van der Waals surface area contributed by atoms with Crippen LogP contribution < -0.4 is 10.5 Å². The van der Waals surface area contributed by atoms with E-state index in [0.29, 0.717) is 85.6 Å². The fourth-order valence-corrected chi connectivity index (χ4v) is 4.00. The van der Waals surface area contributed by atoms with Crippen LogP contribution >= 0.6 is 0 Å². The van der Waals surface area contributed by atoms with Crippen molar-refractivity contribution in [3.63, 3.8) is 0 Å². The van der Waals surface area contributed by atoms with E-state index < -0.39 is 8.07 Å². The van der Waals surface area contributed by atoms with Gasteiger partial charge >= 0.3 is 0 Å². The van der Waals surface area contributed by atoms with E-state index in [1.807, 2.05) is 12.1 Å². The molecule has 11 heteroatoms. The number of azide groups is 1. The number of nitrogens with one attached hydrogen (secondary N) is 1. The lowest BCUT2D eigenvalue weighted by Crippen LogP contribution is -2.38. The van der Waals surface area contributed by atoms with Crippen LogP contribution in [-0.2, 0) is 34.9 Å². The number of hydrogen-bond acceptors (Lipinski definition) is 7. The Balaban J connectivity index is 1.87. The van der Waals surface area contributed by atoms with Gasteiger partial charge in [0.15, 0.2) is 0 Å². The average molecular weight is 497 g/mol. The molecule has 1 aromatic carbocycles. The normalized spacial score (nSPS) is 11.3. The van der Waals surface area contributed by atoms with Crippen LogP contribution in [0.5, 0.6) is 0 Å². The average Bonchev–Trinajstić information content (AvgIpc) is 2.80. The lowest BCUT2D eigenvalue weighted by atomic mass is 10.1. The van der Waals surface area contributed by atoms with Crippen LogP contribution in [-0.4, -0.2) is 93.1 Å². The first-order valence-corrected chi connectivity index (χ1v) is 15.2. The van der Waals surface area contributed by atoms with Crippen LogP contribution in [0.15, 0.2) is 29.4 Å². The van der Waals surface area contributed by atoms with Crippen LogP contribution in [0.4, 0.5) is 0 Å². The summed E-state index contributed by atoms with van der Waals surface area (Å²) in [5.74, 6) is 0.00607. The molecular weight excluding hydrogens is 456 g/mol. The van der Waals surface area contributed by atoms with Gasteiger partial charge in [-0.15, -0.1) is 0 Å². The zero-order valence-electron chi connectivity index (χ0n) is 20.8. The molecule has 0 unspecified atom stereocenters. The fraction of sp³-hybridized carbons (Fsp3) is 0.696. The van der Waals surface area contributed by atoms with Crippen LogP contribution in [0.2, 0.25) is 19.6 Å². The second kappa shape index (κ2) is 19.3. The van der Waals surface area contributed by atoms with Crippen LogP contribution in [0.3, 0.4) is 0 Å². The fourth-order valence-electron chi connectivity index (χ4n) is 2.79. The summed E-state index contributed by atoms with van der Waals surface area (Å²) in [5.41, 5.74) is 9.17. The predicted molar refractivity (Wildman–Crippen MR) is 134 cm³/mol. The van der Waals surface area contributed by atoms with Gasteiger partial charge in [-0.1, -0.05) is 54.2 Å². The van der Waals surface area contributed by atoms with Crippen molar-refractivity contribution in [2.75, 3.05) is 79.2 Å². The van der Waals surface area contributed by atoms with Gasteiger partial charge in [0.2, 0.25) is 5.91 Å². The number of benzene rings is 1. The molecule has 0 aliphatic carbocycles. The third-order valence-corrected chi connectivity index (χ3v) is 6.66. The number of hydrogen-bond donors (Lipinski definition) is 1. The molecule has 0 aromatic heterocycles.